The summed E-state index contributed by atoms with van der Waals surface area (Å²) in [6, 6.07) is 7.62. The fourth-order valence-corrected chi connectivity index (χ4v) is 1.65. The third-order valence-corrected chi connectivity index (χ3v) is 2.52. The van der Waals surface area contributed by atoms with Crippen molar-refractivity contribution in [2.75, 3.05) is 6.54 Å². The Hall–Kier alpha value is -1.81. The molecule has 2 rings (SSSR count). The molecule has 0 aliphatic carbocycles. The maximum Gasteiger partial charge on any atom is 0.253 e. The maximum absolute atomic E-state index is 11.9. The monoisotopic (exact) mass is 232 g/mol. The van der Waals surface area contributed by atoms with Gasteiger partial charge in [-0.2, -0.15) is 0 Å². The fraction of sp³-hybridized carbons (Fsp3) is 0.308. The first-order chi connectivity index (χ1) is 7.97. The normalized spacial score (nSPS) is 11.7. The minimum Gasteiger partial charge on any atom is -0.389 e. The van der Waals surface area contributed by atoms with Crippen LogP contribution in [0.2, 0.25) is 0 Å². The summed E-state index contributed by atoms with van der Waals surface area (Å²) >= 11 is 0. The molecule has 1 amide bonds. The molecule has 0 saturated carbocycles. The minimum atomic E-state index is -0.901. The number of aromatic amines is 1. The van der Waals surface area contributed by atoms with Crippen molar-refractivity contribution in [1.29, 1.82) is 0 Å². The topological polar surface area (TPSA) is 65.1 Å². The SMILES string of the molecule is CC(C)(O)CNC(=O)c1c[nH]c2ccccc12. The van der Waals surface area contributed by atoms with Crippen molar-refractivity contribution in [3.63, 3.8) is 0 Å². The highest BCUT2D eigenvalue weighted by Gasteiger charge is 2.16. The molecule has 0 aliphatic heterocycles. The molecular weight excluding hydrogens is 216 g/mol. The smallest absolute Gasteiger partial charge is 0.253 e. The van der Waals surface area contributed by atoms with Gasteiger partial charge in [0, 0.05) is 23.6 Å². The molecule has 0 aliphatic rings. The predicted molar refractivity (Wildman–Crippen MR) is 66.9 cm³/mol. The van der Waals surface area contributed by atoms with Crippen LogP contribution in [0.3, 0.4) is 0 Å². The standard InChI is InChI=1S/C13H16N2O2/c1-13(2,17)8-15-12(16)10-7-14-11-6-4-3-5-9(10)11/h3-7,14,17H,8H2,1-2H3,(H,15,16). The molecule has 0 radical (unpaired) electrons. The van der Waals surface area contributed by atoms with E-state index in [-0.39, 0.29) is 12.5 Å². The minimum absolute atomic E-state index is 0.176. The lowest BCUT2D eigenvalue weighted by Crippen LogP contribution is -2.38. The van der Waals surface area contributed by atoms with Gasteiger partial charge < -0.3 is 15.4 Å². The number of hydrogen-bond acceptors (Lipinski definition) is 2. The molecule has 0 saturated heterocycles. The van der Waals surface area contributed by atoms with Crippen molar-refractivity contribution in [3.05, 3.63) is 36.0 Å². The Morgan fingerprint density at radius 2 is 2.12 bits per heavy atom. The van der Waals surface area contributed by atoms with Crippen molar-refractivity contribution in [2.24, 2.45) is 0 Å². The highest BCUT2D eigenvalue weighted by atomic mass is 16.3. The molecule has 2 aromatic rings. The first-order valence-electron chi connectivity index (χ1n) is 5.54. The summed E-state index contributed by atoms with van der Waals surface area (Å²) in [6.07, 6.45) is 1.68. The van der Waals surface area contributed by atoms with Crippen molar-refractivity contribution < 1.29 is 9.90 Å². The molecule has 4 heteroatoms. The Morgan fingerprint density at radius 3 is 2.82 bits per heavy atom. The number of hydrogen-bond donors (Lipinski definition) is 3. The zero-order valence-corrected chi connectivity index (χ0v) is 9.95. The molecule has 90 valence electrons. The van der Waals surface area contributed by atoms with Gasteiger partial charge in [-0.3, -0.25) is 4.79 Å². The lowest BCUT2D eigenvalue weighted by atomic mass is 10.1. The van der Waals surface area contributed by atoms with E-state index < -0.39 is 5.60 Å². The Morgan fingerprint density at radius 1 is 1.41 bits per heavy atom. The lowest BCUT2D eigenvalue weighted by molar-refractivity contribution is 0.0695. The predicted octanol–water partition coefficient (Wildman–Crippen LogP) is 1.67. The van der Waals surface area contributed by atoms with Crippen molar-refractivity contribution in [2.45, 2.75) is 19.4 Å². The average Bonchev–Trinajstić information content (AvgIpc) is 2.68. The summed E-state index contributed by atoms with van der Waals surface area (Å²) in [5, 5.41) is 13.2. The molecule has 0 bridgehead atoms. The highest BCUT2D eigenvalue weighted by molar-refractivity contribution is 6.06. The van der Waals surface area contributed by atoms with Gasteiger partial charge in [0.1, 0.15) is 0 Å². The fourth-order valence-electron chi connectivity index (χ4n) is 1.65. The van der Waals surface area contributed by atoms with Gasteiger partial charge in [0.25, 0.3) is 5.91 Å². The van der Waals surface area contributed by atoms with Crippen LogP contribution in [0.5, 0.6) is 0 Å². The first kappa shape index (κ1) is 11.7. The van der Waals surface area contributed by atoms with E-state index in [1.807, 2.05) is 24.3 Å². The second kappa shape index (κ2) is 4.22. The maximum atomic E-state index is 11.9. The van der Waals surface area contributed by atoms with Crippen LogP contribution in [-0.4, -0.2) is 28.1 Å². The second-order valence-corrected chi connectivity index (χ2v) is 4.74. The molecule has 3 N–H and O–H groups in total. The second-order valence-electron chi connectivity index (χ2n) is 4.74. The van der Waals surface area contributed by atoms with Gasteiger partial charge in [-0.05, 0) is 19.9 Å². The summed E-state index contributed by atoms with van der Waals surface area (Å²) in [6.45, 7) is 3.54. The number of aromatic nitrogens is 1. The van der Waals surface area contributed by atoms with Crippen LogP contribution in [0.15, 0.2) is 30.5 Å². The van der Waals surface area contributed by atoms with Gasteiger partial charge in [-0.25, -0.2) is 0 Å². The van der Waals surface area contributed by atoms with Gasteiger partial charge in [-0.1, -0.05) is 18.2 Å². The van der Waals surface area contributed by atoms with Crippen LogP contribution >= 0.6 is 0 Å². The highest BCUT2D eigenvalue weighted by Crippen LogP contribution is 2.17. The number of fused-ring (bicyclic) bond motifs is 1. The van der Waals surface area contributed by atoms with Crippen LogP contribution in [0, 0.1) is 0 Å². The van der Waals surface area contributed by atoms with Crippen LogP contribution in [0.1, 0.15) is 24.2 Å². The van der Waals surface area contributed by atoms with E-state index in [4.69, 9.17) is 0 Å². The molecule has 0 atom stereocenters. The molecule has 1 aromatic heterocycles. The number of carbonyl (C=O) groups excluding carboxylic acids is 1. The van der Waals surface area contributed by atoms with Gasteiger partial charge in [0.2, 0.25) is 0 Å². The van der Waals surface area contributed by atoms with E-state index in [1.54, 1.807) is 20.0 Å². The van der Waals surface area contributed by atoms with Crippen LogP contribution in [0.4, 0.5) is 0 Å². The van der Waals surface area contributed by atoms with Crippen LogP contribution < -0.4 is 5.32 Å². The third-order valence-electron chi connectivity index (χ3n) is 2.52. The zero-order chi connectivity index (χ0) is 12.5. The molecule has 1 aromatic carbocycles. The molecular formula is C13H16N2O2. The number of rotatable bonds is 3. The van der Waals surface area contributed by atoms with E-state index in [9.17, 15) is 9.90 Å². The van der Waals surface area contributed by atoms with E-state index >= 15 is 0 Å². The summed E-state index contributed by atoms with van der Waals surface area (Å²) in [5.41, 5.74) is 0.632. The number of benzene rings is 1. The first-order valence-corrected chi connectivity index (χ1v) is 5.54. The molecule has 0 fully saturated rings. The van der Waals surface area contributed by atoms with E-state index in [0.29, 0.717) is 5.56 Å². The largest absolute Gasteiger partial charge is 0.389 e. The summed E-state index contributed by atoms with van der Waals surface area (Å²) < 4.78 is 0. The zero-order valence-electron chi connectivity index (χ0n) is 9.95. The number of nitrogens with one attached hydrogen (secondary N) is 2. The van der Waals surface area contributed by atoms with E-state index in [1.165, 1.54) is 0 Å². The molecule has 0 spiro atoms. The molecule has 1 heterocycles. The van der Waals surface area contributed by atoms with Crippen molar-refractivity contribution in [3.8, 4) is 0 Å². The Balaban J connectivity index is 2.20. The number of amides is 1. The summed E-state index contributed by atoms with van der Waals surface area (Å²) in [4.78, 5) is 15.0. The quantitative estimate of drug-likeness (QED) is 0.753. The Kier molecular flexibility index (Phi) is 2.90. The Bertz CT molecular complexity index is 538. The van der Waals surface area contributed by atoms with E-state index in [2.05, 4.69) is 10.3 Å². The van der Waals surface area contributed by atoms with Gasteiger partial charge in [0.05, 0.1) is 11.2 Å². The third kappa shape index (κ3) is 2.65. The molecule has 0 unspecified atom stereocenters. The van der Waals surface area contributed by atoms with Gasteiger partial charge in [-0.15, -0.1) is 0 Å². The number of carbonyl (C=O) groups is 1. The number of para-hydroxylation sites is 1. The lowest BCUT2D eigenvalue weighted by Gasteiger charge is -2.17. The average molecular weight is 232 g/mol. The van der Waals surface area contributed by atoms with E-state index in [0.717, 1.165) is 10.9 Å². The number of H-pyrrole nitrogens is 1. The molecule has 17 heavy (non-hydrogen) atoms. The molecule has 4 nitrogen and oxygen atoms in total. The van der Waals surface area contributed by atoms with Crippen molar-refractivity contribution in [1.82, 2.24) is 10.3 Å². The van der Waals surface area contributed by atoms with Crippen LogP contribution in [0.25, 0.3) is 10.9 Å². The van der Waals surface area contributed by atoms with Gasteiger partial charge >= 0.3 is 0 Å². The van der Waals surface area contributed by atoms with Crippen LogP contribution in [-0.2, 0) is 0 Å². The number of aliphatic hydroxyl groups is 1. The Labute approximate surface area is 99.7 Å². The van der Waals surface area contributed by atoms with Crippen molar-refractivity contribution >= 4 is 16.8 Å². The van der Waals surface area contributed by atoms with Gasteiger partial charge in [0.15, 0.2) is 0 Å². The summed E-state index contributed by atoms with van der Waals surface area (Å²) in [5.74, 6) is -0.176. The summed E-state index contributed by atoms with van der Waals surface area (Å²) in [7, 11) is 0.